The Morgan fingerprint density at radius 1 is 1.45 bits per heavy atom. The quantitative estimate of drug-likeness (QED) is 0.755. The first-order valence-electron chi connectivity index (χ1n) is 8.23. The molecule has 1 aromatic heterocycles. The number of unbranched alkanes of at least 4 members (excludes halogenated alkanes) is 1. The lowest BCUT2D eigenvalue weighted by molar-refractivity contribution is -0.126. The van der Waals surface area contributed by atoms with E-state index in [0.717, 1.165) is 50.3 Å². The summed E-state index contributed by atoms with van der Waals surface area (Å²) in [4.78, 5) is 16.4. The molecule has 1 fully saturated rings. The molecule has 1 saturated heterocycles. The zero-order chi connectivity index (χ0) is 15.8. The second kappa shape index (κ2) is 8.73. The van der Waals surface area contributed by atoms with Crippen LogP contribution in [0.5, 0.6) is 5.75 Å². The molecule has 5 nitrogen and oxygen atoms in total. The van der Waals surface area contributed by atoms with Crippen molar-refractivity contribution in [3.63, 3.8) is 0 Å². The molecule has 22 heavy (non-hydrogen) atoms. The van der Waals surface area contributed by atoms with Gasteiger partial charge in [-0.25, -0.2) is 0 Å². The molecule has 2 rings (SSSR count). The number of carbonyl (C=O) groups is 1. The second-order valence-corrected chi connectivity index (χ2v) is 6.05. The molecular weight excluding hydrogens is 278 g/mol. The Labute approximate surface area is 132 Å². The minimum atomic E-state index is 0.0512. The summed E-state index contributed by atoms with van der Waals surface area (Å²) in [6, 6.07) is 3.88. The SMILES string of the molecule is CCCCNC(=O)[C@H]1CNC[C@@H](COc2ccc(C)nc2)C1. The first kappa shape index (κ1) is 16.7. The Kier molecular flexibility index (Phi) is 6.65. The largest absolute Gasteiger partial charge is 0.492 e. The number of ether oxygens (including phenoxy) is 1. The molecule has 2 atom stereocenters. The first-order valence-corrected chi connectivity index (χ1v) is 8.23. The molecule has 1 aliphatic rings. The predicted octanol–water partition coefficient (Wildman–Crippen LogP) is 1.91. The molecule has 0 radical (unpaired) electrons. The summed E-state index contributed by atoms with van der Waals surface area (Å²) in [5, 5.41) is 6.37. The van der Waals surface area contributed by atoms with Crippen LogP contribution in [0.1, 0.15) is 31.9 Å². The highest BCUT2D eigenvalue weighted by molar-refractivity contribution is 5.78. The maximum absolute atomic E-state index is 12.1. The van der Waals surface area contributed by atoms with Crippen LogP contribution >= 0.6 is 0 Å². The van der Waals surface area contributed by atoms with Crippen molar-refractivity contribution in [3.8, 4) is 5.75 Å². The Hall–Kier alpha value is -1.62. The van der Waals surface area contributed by atoms with Crippen molar-refractivity contribution in [2.75, 3.05) is 26.2 Å². The van der Waals surface area contributed by atoms with Gasteiger partial charge in [0.05, 0.1) is 18.7 Å². The van der Waals surface area contributed by atoms with E-state index < -0.39 is 0 Å². The van der Waals surface area contributed by atoms with Crippen molar-refractivity contribution in [1.82, 2.24) is 15.6 Å². The summed E-state index contributed by atoms with van der Waals surface area (Å²) in [6.45, 7) is 7.15. The van der Waals surface area contributed by atoms with E-state index in [2.05, 4.69) is 22.5 Å². The number of piperidine rings is 1. The van der Waals surface area contributed by atoms with E-state index in [0.29, 0.717) is 12.5 Å². The highest BCUT2D eigenvalue weighted by Gasteiger charge is 2.27. The third kappa shape index (κ3) is 5.30. The third-order valence-corrected chi connectivity index (χ3v) is 4.01. The van der Waals surface area contributed by atoms with Crippen LogP contribution in [0.4, 0.5) is 0 Å². The van der Waals surface area contributed by atoms with Gasteiger partial charge in [-0.3, -0.25) is 9.78 Å². The van der Waals surface area contributed by atoms with Crippen LogP contribution in [0.2, 0.25) is 0 Å². The first-order chi connectivity index (χ1) is 10.7. The molecule has 2 heterocycles. The molecule has 2 N–H and O–H groups in total. The van der Waals surface area contributed by atoms with Crippen molar-refractivity contribution < 1.29 is 9.53 Å². The summed E-state index contributed by atoms with van der Waals surface area (Å²) in [5.41, 5.74) is 0.982. The highest BCUT2D eigenvalue weighted by atomic mass is 16.5. The molecule has 0 bridgehead atoms. The molecule has 0 saturated carbocycles. The number of aryl methyl sites for hydroxylation is 1. The molecular formula is C17H27N3O2. The number of hydrogen-bond donors (Lipinski definition) is 2. The number of hydrogen-bond acceptors (Lipinski definition) is 4. The average molecular weight is 305 g/mol. The molecule has 122 valence electrons. The van der Waals surface area contributed by atoms with E-state index in [4.69, 9.17) is 4.74 Å². The molecule has 5 heteroatoms. The van der Waals surface area contributed by atoms with Crippen LogP contribution < -0.4 is 15.4 Å². The Morgan fingerprint density at radius 2 is 2.32 bits per heavy atom. The highest BCUT2D eigenvalue weighted by Crippen LogP contribution is 2.18. The number of nitrogens with zero attached hydrogens (tertiary/aromatic N) is 1. The third-order valence-electron chi connectivity index (χ3n) is 4.01. The van der Waals surface area contributed by atoms with E-state index in [1.165, 1.54) is 0 Å². The zero-order valence-corrected chi connectivity index (χ0v) is 13.6. The average Bonchev–Trinajstić information content (AvgIpc) is 2.55. The normalized spacial score (nSPS) is 21.4. The molecule has 0 unspecified atom stereocenters. The van der Waals surface area contributed by atoms with Gasteiger partial charge in [-0.1, -0.05) is 13.3 Å². The van der Waals surface area contributed by atoms with Crippen LogP contribution in [0.25, 0.3) is 0 Å². The van der Waals surface area contributed by atoms with Gasteiger partial charge in [0, 0.05) is 31.2 Å². The molecule has 0 aromatic carbocycles. The lowest BCUT2D eigenvalue weighted by atomic mass is 9.90. The smallest absolute Gasteiger partial charge is 0.224 e. The Balaban J connectivity index is 1.75. The van der Waals surface area contributed by atoms with Crippen molar-refractivity contribution in [2.45, 2.75) is 33.1 Å². The number of carbonyl (C=O) groups excluding carboxylic acids is 1. The van der Waals surface area contributed by atoms with E-state index in [-0.39, 0.29) is 11.8 Å². The summed E-state index contributed by atoms with van der Waals surface area (Å²) in [6.07, 6.45) is 4.77. The van der Waals surface area contributed by atoms with Gasteiger partial charge in [0.1, 0.15) is 5.75 Å². The van der Waals surface area contributed by atoms with Gasteiger partial charge in [0.25, 0.3) is 0 Å². The predicted molar refractivity (Wildman–Crippen MR) is 86.9 cm³/mol. The van der Waals surface area contributed by atoms with Crippen molar-refractivity contribution >= 4 is 5.91 Å². The van der Waals surface area contributed by atoms with Gasteiger partial charge in [-0.15, -0.1) is 0 Å². The van der Waals surface area contributed by atoms with Crippen molar-refractivity contribution in [1.29, 1.82) is 0 Å². The molecule has 0 spiro atoms. The molecule has 0 aliphatic carbocycles. The number of amides is 1. The minimum Gasteiger partial charge on any atom is -0.492 e. The van der Waals surface area contributed by atoms with Gasteiger partial charge in [0.2, 0.25) is 5.91 Å². The van der Waals surface area contributed by atoms with Gasteiger partial charge in [-0.05, 0) is 31.9 Å². The van der Waals surface area contributed by atoms with Gasteiger partial charge < -0.3 is 15.4 Å². The van der Waals surface area contributed by atoms with Gasteiger partial charge in [-0.2, -0.15) is 0 Å². The van der Waals surface area contributed by atoms with Gasteiger partial charge >= 0.3 is 0 Å². The zero-order valence-electron chi connectivity index (χ0n) is 13.6. The molecule has 1 aromatic rings. The van der Waals surface area contributed by atoms with E-state index in [1.54, 1.807) is 6.20 Å². The monoisotopic (exact) mass is 305 g/mol. The summed E-state index contributed by atoms with van der Waals surface area (Å²) in [5.74, 6) is 1.37. The number of aromatic nitrogens is 1. The van der Waals surface area contributed by atoms with E-state index in [9.17, 15) is 4.79 Å². The van der Waals surface area contributed by atoms with E-state index >= 15 is 0 Å². The Bertz CT molecular complexity index is 461. The van der Waals surface area contributed by atoms with Crippen LogP contribution in [0.15, 0.2) is 18.3 Å². The lowest BCUT2D eigenvalue weighted by Gasteiger charge is -2.29. The fraction of sp³-hybridized carbons (Fsp3) is 0.647. The maximum Gasteiger partial charge on any atom is 0.224 e. The van der Waals surface area contributed by atoms with Crippen LogP contribution in [-0.2, 0) is 4.79 Å². The van der Waals surface area contributed by atoms with Crippen molar-refractivity contribution in [3.05, 3.63) is 24.0 Å². The molecule has 1 amide bonds. The van der Waals surface area contributed by atoms with Crippen LogP contribution in [0.3, 0.4) is 0 Å². The van der Waals surface area contributed by atoms with Gasteiger partial charge in [0.15, 0.2) is 0 Å². The summed E-state index contributed by atoms with van der Waals surface area (Å²) >= 11 is 0. The summed E-state index contributed by atoms with van der Waals surface area (Å²) < 4.78 is 5.79. The standard InChI is InChI=1S/C17H27N3O2/c1-3-4-7-19-17(21)15-8-14(9-18-10-15)12-22-16-6-5-13(2)20-11-16/h5-6,11,14-15,18H,3-4,7-10,12H2,1-2H3,(H,19,21)/t14-,15+/m0/s1. The minimum absolute atomic E-state index is 0.0512. The fourth-order valence-corrected chi connectivity index (χ4v) is 2.64. The lowest BCUT2D eigenvalue weighted by Crippen LogP contribution is -2.45. The van der Waals surface area contributed by atoms with Crippen LogP contribution in [0, 0.1) is 18.8 Å². The second-order valence-electron chi connectivity index (χ2n) is 6.05. The number of rotatable bonds is 7. The van der Waals surface area contributed by atoms with E-state index in [1.807, 2.05) is 19.1 Å². The fourth-order valence-electron chi connectivity index (χ4n) is 2.64. The van der Waals surface area contributed by atoms with Crippen molar-refractivity contribution in [2.24, 2.45) is 11.8 Å². The maximum atomic E-state index is 12.1. The summed E-state index contributed by atoms with van der Waals surface area (Å²) in [7, 11) is 0. The Morgan fingerprint density at radius 3 is 3.05 bits per heavy atom. The number of pyridine rings is 1. The van der Waals surface area contributed by atoms with Crippen LogP contribution in [-0.4, -0.2) is 37.1 Å². The number of nitrogens with one attached hydrogen (secondary N) is 2. The topological polar surface area (TPSA) is 63.2 Å². The molecule has 1 aliphatic heterocycles.